The van der Waals surface area contributed by atoms with Gasteiger partial charge in [-0.1, -0.05) is 26.0 Å². The van der Waals surface area contributed by atoms with E-state index in [0.717, 1.165) is 22.0 Å². The van der Waals surface area contributed by atoms with Gasteiger partial charge in [0.25, 0.3) is 0 Å². The van der Waals surface area contributed by atoms with Crippen molar-refractivity contribution in [3.05, 3.63) is 34.7 Å². The van der Waals surface area contributed by atoms with Crippen molar-refractivity contribution in [2.45, 2.75) is 33.2 Å². The van der Waals surface area contributed by atoms with Crippen molar-refractivity contribution in [1.29, 1.82) is 0 Å². The lowest BCUT2D eigenvalue weighted by Crippen LogP contribution is -2.36. The number of carbonyl (C=O) groups excluding carboxylic acids is 1. The Morgan fingerprint density at radius 2 is 2.00 bits per heavy atom. The van der Waals surface area contributed by atoms with Gasteiger partial charge in [-0.15, -0.1) is 11.3 Å². The van der Waals surface area contributed by atoms with Crippen LogP contribution in [0.1, 0.15) is 25.3 Å². The van der Waals surface area contributed by atoms with Crippen LogP contribution in [-0.4, -0.2) is 16.9 Å². The average Bonchev–Trinajstić information content (AvgIpc) is 2.85. The number of hydrogen-bond acceptors (Lipinski definition) is 4. The average molecular weight is 303 g/mol. The molecule has 1 amide bonds. The van der Waals surface area contributed by atoms with Gasteiger partial charge < -0.3 is 11.1 Å². The SMILES string of the molecule is Cc1nc(-c2ccc(NC(=O)C(N)CC(C)C)cc2)cs1. The molecule has 1 unspecified atom stereocenters. The van der Waals surface area contributed by atoms with E-state index in [0.29, 0.717) is 12.3 Å². The van der Waals surface area contributed by atoms with E-state index in [1.165, 1.54) is 0 Å². The minimum Gasteiger partial charge on any atom is -0.325 e. The molecule has 5 heteroatoms. The van der Waals surface area contributed by atoms with E-state index in [1.807, 2.05) is 36.6 Å². The smallest absolute Gasteiger partial charge is 0.241 e. The van der Waals surface area contributed by atoms with Gasteiger partial charge in [-0.05, 0) is 31.4 Å². The predicted octanol–water partition coefficient (Wildman–Crippen LogP) is 3.43. The van der Waals surface area contributed by atoms with Crippen LogP contribution < -0.4 is 11.1 Å². The number of amides is 1. The van der Waals surface area contributed by atoms with Gasteiger partial charge in [0.1, 0.15) is 0 Å². The van der Waals surface area contributed by atoms with Crippen LogP contribution in [-0.2, 0) is 4.79 Å². The van der Waals surface area contributed by atoms with E-state index < -0.39 is 6.04 Å². The zero-order chi connectivity index (χ0) is 15.4. The highest BCUT2D eigenvalue weighted by molar-refractivity contribution is 7.09. The number of benzene rings is 1. The van der Waals surface area contributed by atoms with Gasteiger partial charge in [-0.3, -0.25) is 4.79 Å². The van der Waals surface area contributed by atoms with E-state index in [-0.39, 0.29) is 5.91 Å². The largest absolute Gasteiger partial charge is 0.325 e. The lowest BCUT2D eigenvalue weighted by molar-refractivity contribution is -0.117. The van der Waals surface area contributed by atoms with Crippen molar-refractivity contribution < 1.29 is 4.79 Å². The van der Waals surface area contributed by atoms with Crippen molar-refractivity contribution in [1.82, 2.24) is 4.98 Å². The molecule has 0 fully saturated rings. The van der Waals surface area contributed by atoms with E-state index in [1.54, 1.807) is 11.3 Å². The number of nitrogens with two attached hydrogens (primary N) is 1. The van der Waals surface area contributed by atoms with Crippen LogP contribution in [0.2, 0.25) is 0 Å². The fourth-order valence-electron chi connectivity index (χ4n) is 2.07. The molecular weight excluding hydrogens is 282 g/mol. The molecule has 0 bridgehead atoms. The predicted molar refractivity (Wildman–Crippen MR) is 88.3 cm³/mol. The second-order valence-electron chi connectivity index (χ2n) is 5.55. The first-order chi connectivity index (χ1) is 9.95. The molecule has 0 spiro atoms. The van der Waals surface area contributed by atoms with Gasteiger partial charge >= 0.3 is 0 Å². The normalized spacial score (nSPS) is 12.4. The Bertz CT molecular complexity index is 604. The number of thiazole rings is 1. The van der Waals surface area contributed by atoms with Crippen molar-refractivity contribution in [3.8, 4) is 11.3 Å². The molecule has 3 N–H and O–H groups in total. The molecule has 0 saturated heterocycles. The molecule has 0 aliphatic heterocycles. The van der Waals surface area contributed by atoms with E-state index >= 15 is 0 Å². The monoisotopic (exact) mass is 303 g/mol. The summed E-state index contributed by atoms with van der Waals surface area (Å²) in [6, 6.07) is 7.20. The van der Waals surface area contributed by atoms with E-state index in [9.17, 15) is 4.79 Å². The van der Waals surface area contributed by atoms with Crippen LogP contribution >= 0.6 is 11.3 Å². The number of hydrogen-bond donors (Lipinski definition) is 2. The van der Waals surface area contributed by atoms with E-state index in [2.05, 4.69) is 24.1 Å². The Hall–Kier alpha value is -1.72. The summed E-state index contributed by atoms with van der Waals surface area (Å²) in [5.74, 6) is 0.266. The summed E-state index contributed by atoms with van der Waals surface area (Å²) in [6.07, 6.45) is 0.683. The molecule has 1 heterocycles. The third-order valence-electron chi connectivity index (χ3n) is 3.13. The molecule has 0 saturated carbocycles. The van der Waals surface area contributed by atoms with Gasteiger partial charge in [0.15, 0.2) is 0 Å². The Morgan fingerprint density at radius 1 is 1.33 bits per heavy atom. The number of nitrogens with one attached hydrogen (secondary N) is 1. The molecule has 21 heavy (non-hydrogen) atoms. The van der Waals surface area contributed by atoms with Gasteiger partial charge in [0.2, 0.25) is 5.91 Å². The summed E-state index contributed by atoms with van der Waals surface area (Å²) in [5.41, 5.74) is 8.64. The number of aryl methyl sites for hydroxylation is 1. The van der Waals surface area contributed by atoms with Crippen molar-refractivity contribution in [2.75, 3.05) is 5.32 Å². The van der Waals surface area contributed by atoms with Gasteiger partial charge in [-0.25, -0.2) is 4.98 Å². The van der Waals surface area contributed by atoms with Crippen molar-refractivity contribution in [3.63, 3.8) is 0 Å². The number of rotatable bonds is 5. The fourth-order valence-corrected chi connectivity index (χ4v) is 2.69. The summed E-state index contributed by atoms with van der Waals surface area (Å²) < 4.78 is 0. The number of anilines is 1. The summed E-state index contributed by atoms with van der Waals surface area (Å²) in [4.78, 5) is 16.4. The van der Waals surface area contributed by atoms with Crippen LogP contribution in [0.4, 0.5) is 5.69 Å². The summed E-state index contributed by atoms with van der Waals surface area (Å²) >= 11 is 1.63. The van der Waals surface area contributed by atoms with Crippen molar-refractivity contribution in [2.24, 2.45) is 11.7 Å². The summed E-state index contributed by atoms with van der Waals surface area (Å²) in [6.45, 7) is 6.09. The highest BCUT2D eigenvalue weighted by Crippen LogP contribution is 2.23. The fraction of sp³-hybridized carbons (Fsp3) is 0.375. The molecule has 2 rings (SSSR count). The molecule has 1 aromatic carbocycles. The molecule has 1 atom stereocenters. The molecule has 0 aliphatic carbocycles. The molecule has 112 valence electrons. The Balaban J connectivity index is 2.01. The first-order valence-corrected chi connectivity index (χ1v) is 7.92. The highest BCUT2D eigenvalue weighted by Gasteiger charge is 2.15. The van der Waals surface area contributed by atoms with Gasteiger partial charge in [0, 0.05) is 16.6 Å². The molecular formula is C16H21N3OS. The summed E-state index contributed by atoms with van der Waals surface area (Å²) in [7, 11) is 0. The second kappa shape index (κ2) is 6.83. The molecule has 0 aliphatic rings. The number of nitrogens with zero attached hydrogens (tertiary/aromatic N) is 1. The highest BCUT2D eigenvalue weighted by atomic mass is 32.1. The van der Waals surface area contributed by atoms with E-state index in [4.69, 9.17) is 5.73 Å². The Labute approximate surface area is 129 Å². The van der Waals surface area contributed by atoms with Gasteiger partial charge in [-0.2, -0.15) is 0 Å². The summed E-state index contributed by atoms with van der Waals surface area (Å²) in [5, 5.41) is 5.92. The van der Waals surface area contributed by atoms with Crippen LogP contribution in [0.3, 0.4) is 0 Å². The standard InChI is InChI=1S/C16H21N3OS/c1-10(2)8-14(17)16(20)19-13-6-4-12(5-7-13)15-9-21-11(3)18-15/h4-7,9-10,14H,8,17H2,1-3H3,(H,19,20). The molecule has 0 radical (unpaired) electrons. The minimum atomic E-state index is -0.467. The maximum atomic E-state index is 12.0. The first-order valence-electron chi connectivity index (χ1n) is 7.04. The van der Waals surface area contributed by atoms with Crippen LogP contribution in [0, 0.1) is 12.8 Å². The number of carbonyl (C=O) groups is 1. The maximum absolute atomic E-state index is 12.0. The lowest BCUT2D eigenvalue weighted by Gasteiger charge is -2.14. The topological polar surface area (TPSA) is 68.0 Å². The minimum absolute atomic E-state index is 0.138. The van der Waals surface area contributed by atoms with Gasteiger partial charge in [0.05, 0.1) is 16.7 Å². The first kappa shape index (κ1) is 15.7. The van der Waals surface area contributed by atoms with Crippen LogP contribution in [0.25, 0.3) is 11.3 Å². The third-order valence-corrected chi connectivity index (χ3v) is 3.90. The zero-order valence-corrected chi connectivity index (χ0v) is 13.4. The van der Waals surface area contributed by atoms with Crippen LogP contribution in [0.5, 0.6) is 0 Å². The lowest BCUT2D eigenvalue weighted by atomic mass is 10.0. The molecule has 4 nitrogen and oxygen atoms in total. The Morgan fingerprint density at radius 3 is 2.52 bits per heavy atom. The zero-order valence-electron chi connectivity index (χ0n) is 12.6. The maximum Gasteiger partial charge on any atom is 0.241 e. The second-order valence-corrected chi connectivity index (χ2v) is 6.62. The van der Waals surface area contributed by atoms with Crippen LogP contribution in [0.15, 0.2) is 29.6 Å². The molecule has 1 aromatic heterocycles. The Kier molecular flexibility index (Phi) is 5.09. The quantitative estimate of drug-likeness (QED) is 0.889. The molecule has 2 aromatic rings. The number of aromatic nitrogens is 1. The van der Waals surface area contributed by atoms with Crippen molar-refractivity contribution >= 4 is 22.9 Å². The third kappa shape index (κ3) is 4.37.